The van der Waals surface area contributed by atoms with Gasteiger partial charge in [-0.1, -0.05) is 0 Å². The van der Waals surface area contributed by atoms with Gasteiger partial charge in [-0.2, -0.15) is 0 Å². The van der Waals surface area contributed by atoms with Crippen molar-refractivity contribution in [1.29, 1.82) is 0 Å². The van der Waals surface area contributed by atoms with Crippen LogP contribution in [0.4, 0.5) is 0 Å². The van der Waals surface area contributed by atoms with E-state index in [-0.39, 0.29) is 6.10 Å². The third-order valence-corrected chi connectivity index (χ3v) is 3.19. The van der Waals surface area contributed by atoms with Gasteiger partial charge < -0.3 is 14.2 Å². The molecule has 0 amide bonds. The smallest absolute Gasteiger partial charge is 0.213 e. The summed E-state index contributed by atoms with van der Waals surface area (Å²) in [7, 11) is 1.58. The van der Waals surface area contributed by atoms with Crippen LogP contribution in [-0.4, -0.2) is 36.4 Å². The molecule has 0 saturated carbocycles. The summed E-state index contributed by atoms with van der Waals surface area (Å²) >= 11 is 3.43. The number of aromatic nitrogens is 2. The lowest BCUT2D eigenvalue weighted by molar-refractivity contribution is 0.263. The molecule has 94 valence electrons. The van der Waals surface area contributed by atoms with Gasteiger partial charge in [-0.05, 0) is 22.0 Å². The van der Waals surface area contributed by atoms with Crippen LogP contribution in [0.25, 0.3) is 11.0 Å². The molecular formula is C12H11BrN2O3. The van der Waals surface area contributed by atoms with Gasteiger partial charge in [0, 0.05) is 12.3 Å². The van der Waals surface area contributed by atoms with Gasteiger partial charge >= 0.3 is 0 Å². The number of hydrogen-bond acceptors (Lipinski definition) is 5. The van der Waals surface area contributed by atoms with Crippen LogP contribution >= 0.6 is 15.9 Å². The van der Waals surface area contributed by atoms with Crippen molar-refractivity contribution >= 4 is 27.0 Å². The molecule has 1 atom stereocenters. The van der Waals surface area contributed by atoms with E-state index in [1.54, 1.807) is 19.4 Å². The highest BCUT2D eigenvalue weighted by Gasteiger charge is 2.24. The summed E-state index contributed by atoms with van der Waals surface area (Å²) in [4.78, 5) is 8.66. The number of methoxy groups -OCH3 is 1. The summed E-state index contributed by atoms with van der Waals surface area (Å²) in [5.41, 5.74) is 1.45. The topological polar surface area (TPSA) is 56.8 Å². The Labute approximate surface area is 112 Å². The van der Waals surface area contributed by atoms with Crippen molar-refractivity contribution in [1.82, 2.24) is 9.97 Å². The first kappa shape index (κ1) is 11.7. The molecule has 0 radical (unpaired) electrons. The van der Waals surface area contributed by atoms with Gasteiger partial charge in [0.25, 0.3) is 0 Å². The van der Waals surface area contributed by atoms with Crippen molar-refractivity contribution in [3.8, 4) is 11.6 Å². The monoisotopic (exact) mass is 310 g/mol. The van der Waals surface area contributed by atoms with Crippen molar-refractivity contribution in [2.75, 3.05) is 20.3 Å². The SMILES string of the molecule is COc1ccc2ncc(Br)c(OC[C@@H]3CO3)c2n1. The minimum Gasteiger partial charge on any atom is -0.487 e. The Morgan fingerprint density at radius 3 is 3.06 bits per heavy atom. The predicted molar refractivity (Wildman–Crippen MR) is 69.0 cm³/mol. The molecule has 6 heteroatoms. The van der Waals surface area contributed by atoms with Crippen LogP contribution in [0.5, 0.6) is 11.6 Å². The molecule has 0 spiro atoms. The van der Waals surface area contributed by atoms with Crippen LogP contribution in [0, 0.1) is 0 Å². The van der Waals surface area contributed by atoms with E-state index < -0.39 is 0 Å². The number of halogens is 1. The van der Waals surface area contributed by atoms with E-state index in [1.807, 2.05) is 6.07 Å². The van der Waals surface area contributed by atoms with Gasteiger partial charge in [-0.3, -0.25) is 4.98 Å². The summed E-state index contributed by atoms with van der Waals surface area (Å²) in [6.07, 6.45) is 1.91. The van der Waals surface area contributed by atoms with Gasteiger partial charge in [0.2, 0.25) is 5.88 Å². The molecule has 0 bridgehead atoms. The number of nitrogens with zero attached hydrogens (tertiary/aromatic N) is 2. The number of epoxide rings is 1. The summed E-state index contributed by atoms with van der Waals surface area (Å²) in [6, 6.07) is 3.63. The van der Waals surface area contributed by atoms with Gasteiger partial charge in [0.1, 0.15) is 18.2 Å². The van der Waals surface area contributed by atoms with E-state index in [4.69, 9.17) is 14.2 Å². The number of rotatable bonds is 4. The Balaban J connectivity index is 2.03. The molecule has 0 N–H and O–H groups in total. The summed E-state index contributed by atoms with van der Waals surface area (Å²) < 4.78 is 16.8. The molecule has 18 heavy (non-hydrogen) atoms. The molecule has 1 aliphatic rings. The average Bonchev–Trinajstić information content (AvgIpc) is 3.21. The molecule has 0 aromatic carbocycles. The lowest BCUT2D eigenvalue weighted by atomic mass is 10.3. The summed E-state index contributed by atoms with van der Waals surface area (Å²) in [5, 5.41) is 0. The number of ether oxygens (including phenoxy) is 3. The molecule has 2 aromatic heterocycles. The lowest BCUT2D eigenvalue weighted by Gasteiger charge is -2.10. The minimum absolute atomic E-state index is 0.200. The van der Waals surface area contributed by atoms with Crippen LogP contribution in [0.1, 0.15) is 0 Å². The fraction of sp³-hybridized carbons (Fsp3) is 0.333. The zero-order valence-electron chi connectivity index (χ0n) is 9.72. The number of fused-ring (bicyclic) bond motifs is 1. The summed E-state index contributed by atoms with van der Waals surface area (Å²) in [5.74, 6) is 1.21. The third kappa shape index (κ3) is 2.26. The number of hydrogen-bond donors (Lipinski definition) is 0. The maximum atomic E-state index is 5.74. The van der Waals surface area contributed by atoms with Gasteiger partial charge in [0.05, 0.1) is 23.7 Å². The van der Waals surface area contributed by atoms with Crippen molar-refractivity contribution in [3.05, 3.63) is 22.8 Å². The second-order valence-electron chi connectivity index (χ2n) is 3.92. The van der Waals surface area contributed by atoms with E-state index in [0.29, 0.717) is 23.8 Å². The zero-order valence-corrected chi connectivity index (χ0v) is 11.3. The minimum atomic E-state index is 0.200. The third-order valence-electron chi connectivity index (χ3n) is 2.62. The highest BCUT2D eigenvalue weighted by Crippen LogP contribution is 2.32. The molecule has 1 fully saturated rings. The highest BCUT2D eigenvalue weighted by molar-refractivity contribution is 9.10. The van der Waals surface area contributed by atoms with Crippen LogP contribution < -0.4 is 9.47 Å². The maximum Gasteiger partial charge on any atom is 0.213 e. The fourth-order valence-corrected chi connectivity index (χ4v) is 2.00. The van der Waals surface area contributed by atoms with E-state index in [2.05, 4.69) is 25.9 Å². The first-order valence-corrected chi connectivity index (χ1v) is 6.31. The molecule has 0 aliphatic carbocycles. The van der Waals surface area contributed by atoms with Crippen molar-refractivity contribution in [2.24, 2.45) is 0 Å². The van der Waals surface area contributed by atoms with E-state index in [1.165, 1.54) is 0 Å². The van der Waals surface area contributed by atoms with Crippen molar-refractivity contribution in [2.45, 2.75) is 6.10 Å². The molecule has 3 rings (SSSR count). The molecule has 1 aliphatic heterocycles. The first-order chi connectivity index (χ1) is 8.78. The Bertz CT molecular complexity index is 587. The fourth-order valence-electron chi connectivity index (χ4n) is 1.59. The van der Waals surface area contributed by atoms with Gasteiger partial charge in [-0.15, -0.1) is 0 Å². The van der Waals surface area contributed by atoms with Gasteiger partial charge in [-0.25, -0.2) is 4.98 Å². The van der Waals surface area contributed by atoms with E-state index in [0.717, 1.165) is 16.6 Å². The van der Waals surface area contributed by atoms with Crippen molar-refractivity contribution in [3.63, 3.8) is 0 Å². The second kappa shape index (κ2) is 4.70. The zero-order chi connectivity index (χ0) is 12.5. The molecule has 1 saturated heterocycles. The van der Waals surface area contributed by atoms with Crippen molar-refractivity contribution < 1.29 is 14.2 Å². The van der Waals surface area contributed by atoms with Crippen LogP contribution in [0.2, 0.25) is 0 Å². The molecule has 2 aromatic rings. The van der Waals surface area contributed by atoms with E-state index in [9.17, 15) is 0 Å². The molecule has 3 heterocycles. The normalized spacial score (nSPS) is 17.8. The Hall–Kier alpha value is -1.40. The van der Waals surface area contributed by atoms with Crippen LogP contribution in [0.15, 0.2) is 22.8 Å². The quantitative estimate of drug-likeness (QED) is 0.810. The van der Waals surface area contributed by atoms with Crippen LogP contribution in [0.3, 0.4) is 0 Å². The molecule has 0 unspecified atom stereocenters. The van der Waals surface area contributed by atoms with Gasteiger partial charge in [0.15, 0.2) is 5.75 Å². The first-order valence-electron chi connectivity index (χ1n) is 5.51. The summed E-state index contributed by atoms with van der Waals surface area (Å²) in [6.45, 7) is 1.29. The average molecular weight is 311 g/mol. The van der Waals surface area contributed by atoms with E-state index >= 15 is 0 Å². The standard InChI is InChI=1S/C12H11BrN2O3/c1-16-10-3-2-9-11(15-10)12(8(13)4-14-9)18-6-7-5-17-7/h2-4,7H,5-6H2,1H3/t7-/m0/s1. The Kier molecular flexibility index (Phi) is 3.05. The maximum absolute atomic E-state index is 5.74. The lowest BCUT2D eigenvalue weighted by Crippen LogP contribution is -2.06. The van der Waals surface area contributed by atoms with Crippen LogP contribution in [-0.2, 0) is 4.74 Å². The second-order valence-corrected chi connectivity index (χ2v) is 4.78. The number of pyridine rings is 2. The Morgan fingerprint density at radius 2 is 2.33 bits per heavy atom. The Morgan fingerprint density at radius 1 is 1.50 bits per heavy atom. The molecular weight excluding hydrogens is 300 g/mol. The molecule has 5 nitrogen and oxygen atoms in total. The predicted octanol–water partition coefficient (Wildman–Crippen LogP) is 2.18. The largest absolute Gasteiger partial charge is 0.487 e. The highest BCUT2D eigenvalue weighted by atomic mass is 79.9.